The summed E-state index contributed by atoms with van der Waals surface area (Å²) in [6, 6.07) is 5.80. The van der Waals surface area contributed by atoms with Gasteiger partial charge in [-0.15, -0.1) is 0 Å². The number of halogens is 2. The first-order valence-electron chi connectivity index (χ1n) is 7.01. The van der Waals surface area contributed by atoms with Crippen molar-refractivity contribution in [2.75, 3.05) is 6.54 Å². The molecule has 3 rings (SSSR count). The van der Waals surface area contributed by atoms with E-state index in [2.05, 4.69) is 5.32 Å². The fourth-order valence-electron chi connectivity index (χ4n) is 3.70. The summed E-state index contributed by atoms with van der Waals surface area (Å²) >= 11 is 12.3. The van der Waals surface area contributed by atoms with E-state index in [1.165, 1.54) is 6.42 Å². The molecule has 4 heteroatoms. The average molecular weight is 300 g/mol. The van der Waals surface area contributed by atoms with Crippen LogP contribution in [0.1, 0.15) is 43.7 Å². The highest BCUT2D eigenvalue weighted by Crippen LogP contribution is 2.46. The Morgan fingerprint density at radius 3 is 2.84 bits per heavy atom. The second kappa shape index (κ2) is 5.25. The molecule has 2 N–H and O–H groups in total. The molecule has 2 nitrogen and oxygen atoms in total. The molecule has 1 saturated heterocycles. The smallest absolute Gasteiger partial charge is 0.0706 e. The minimum Gasteiger partial charge on any atom is -0.389 e. The van der Waals surface area contributed by atoms with Crippen LogP contribution < -0.4 is 5.32 Å². The van der Waals surface area contributed by atoms with Crippen molar-refractivity contribution in [1.82, 2.24) is 5.32 Å². The lowest BCUT2D eigenvalue weighted by Crippen LogP contribution is -2.53. The normalized spacial score (nSPS) is 34.9. The molecule has 1 aliphatic heterocycles. The van der Waals surface area contributed by atoms with Crippen LogP contribution in [0.3, 0.4) is 0 Å². The fraction of sp³-hybridized carbons (Fsp3) is 0.600. The van der Waals surface area contributed by atoms with E-state index in [4.69, 9.17) is 23.2 Å². The minimum absolute atomic E-state index is 0.142. The Bertz CT molecular complexity index is 475. The van der Waals surface area contributed by atoms with Crippen LogP contribution in [0.4, 0.5) is 0 Å². The minimum atomic E-state index is -0.517. The van der Waals surface area contributed by atoms with Gasteiger partial charge >= 0.3 is 0 Å². The van der Waals surface area contributed by atoms with Gasteiger partial charge in [-0.05, 0) is 43.5 Å². The second-order valence-electron chi connectivity index (χ2n) is 5.80. The Labute approximate surface area is 124 Å². The number of benzene rings is 1. The monoisotopic (exact) mass is 299 g/mol. The SMILES string of the molecule is OC12CCCCC1C(c1ccc(Cl)cc1Cl)NCC2. The molecule has 1 aromatic carbocycles. The molecule has 104 valence electrons. The van der Waals surface area contributed by atoms with Crippen LogP contribution in [0.25, 0.3) is 0 Å². The molecule has 1 saturated carbocycles. The Hall–Kier alpha value is -0.280. The van der Waals surface area contributed by atoms with Crippen molar-refractivity contribution in [2.24, 2.45) is 5.92 Å². The third kappa shape index (κ3) is 2.52. The largest absolute Gasteiger partial charge is 0.389 e. The summed E-state index contributed by atoms with van der Waals surface area (Å²) in [5.41, 5.74) is 0.549. The molecule has 1 heterocycles. The highest BCUT2D eigenvalue weighted by atomic mass is 35.5. The first-order chi connectivity index (χ1) is 9.10. The third-order valence-electron chi connectivity index (χ3n) is 4.69. The lowest BCUT2D eigenvalue weighted by atomic mass is 9.67. The molecular weight excluding hydrogens is 281 g/mol. The van der Waals surface area contributed by atoms with Crippen LogP contribution in [0.2, 0.25) is 10.0 Å². The van der Waals surface area contributed by atoms with Gasteiger partial charge in [0.05, 0.1) is 5.60 Å². The Balaban J connectivity index is 1.94. The molecule has 3 unspecified atom stereocenters. The van der Waals surface area contributed by atoms with Crippen LogP contribution >= 0.6 is 23.2 Å². The summed E-state index contributed by atoms with van der Waals surface area (Å²) in [5, 5.41) is 15.7. The Kier molecular flexibility index (Phi) is 3.78. The maximum atomic E-state index is 10.9. The Morgan fingerprint density at radius 1 is 1.21 bits per heavy atom. The van der Waals surface area contributed by atoms with Crippen molar-refractivity contribution in [3.63, 3.8) is 0 Å². The molecule has 3 atom stereocenters. The highest BCUT2D eigenvalue weighted by molar-refractivity contribution is 6.35. The van der Waals surface area contributed by atoms with Crippen LogP contribution in [-0.4, -0.2) is 17.3 Å². The van der Waals surface area contributed by atoms with Gasteiger partial charge in [-0.3, -0.25) is 0 Å². The van der Waals surface area contributed by atoms with Crippen LogP contribution in [0, 0.1) is 5.92 Å². The molecule has 0 spiro atoms. The summed E-state index contributed by atoms with van der Waals surface area (Å²) in [7, 11) is 0. The van der Waals surface area contributed by atoms with Crippen LogP contribution in [-0.2, 0) is 0 Å². The maximum Gasteiger partial charge on any atom is 0.0706 e. The molecular formula is C15H19Cl2NO. The number of hydrogen-bond acceptors (Lipinski definition) is 2. The third-order valence-corrected chi connectivity index (χ3v) is 5.25. The van der Waals surface area contributed by atoms with E-state index in [9.17, 15) is 5.11 Å². The van der Waals surface area contributed by atoms with Gasteiger partial charge < -0.3 is 10.4 Å². The number of rotatable bonds is 1. The van der Waals surface area contributed by atoms with Crippen molar-refractivity contribution in [1.29, 1.82) is 0 Å². The number of nitrogens with one attached hydrogen (secondary N) is 1. The molecule has 0 radical (unpaired) electrons. The van der Waals surface area contributed by atoms with Crippen LogP contribution in [0.15, 0.2) is 18.2 Å². The summed E-state index contributed by atoms with van der Waals surface area (Å²) in [4.78, 5) is 0. The summed E-state index contributed by atoms with van der Waals surface area (Å²) in [6.07, 6.45) is 5.15. The Morgan fingerprint density at radius 2 is 2.05 bits per heavy atom. The first kappa shape index (κ1) is 13.7. The van der Waals surface area contributed by atoms with E-state index >= 15 is 0 Å². The zero-order valence-electron chi connectivity index (χ0n) is 10.8. The van der Waals surface area contributed by atoms with Gasteiger partial charge in [0.2, 0.25) is 0 Å². The fourth-order valence-corrected chi connectivity index (χ4v) is 4.23. The van der Waals surface area contributed by atoms with Gasteiger partial charge in [0, 0.05) is 22.0 Å². The van der Waals surface area contributed by atoms with Gasteiger partial charge in [-0.25, -0.2) is 0 Å². The second-order valence-corrected chi connectivity index (χ2v) is 6.65. The van der Waals surface area contributed by atoms with Crippen molar-refractivity contribution in [2.45, 2.75) is 43.7 Å². The van der Waals surface area contributed by atoms with Crippen molar-refractivity contribution in [3.8, 4) is 0 Å². The van der Waals surface area contributed by atoms with Gasteiger partial charge in [-0.1, -0.05) is 42.1 Å². The first-order valence-corrected chi connectivity index (χ1v) is 7.76. The molecule has 2 fully saturated rings. The maximum absolute atomic E-state index is 10.9. The topological polar surface area (TPSA) is 32.3 Å². The van der Waals surface area contributed by atoms with Gasteiger partial charge in [0.1, 0.15) is 0 Å². The van der Waals surface area contributed by atoms with E-state index in [0.717, 1.165) is 37.8 Å². The summed E-state index contributed by atoms with van der Waals surface area (Å²) < 4.78 is 0. The predicted molar refractivity (Wildman–Crippen MR) is 78.7 cm³/mol. The quantitative estimate of drug-likeness (QED) is 0.823. The highest BCUT2D eigenvalue weighted by Gasteiger charge is 2.46. The van der Waals surface area contributed by atoms with E-state index in [0.29, 0.717) is 10.0 Å². The number of piperidine rings is 1. The molecule has 0 amide bonds. The number of fused-ring (bicyclic) bond motifs is 1. The zero-order valence-corrected chi connectivity index (χ0v) is 12.3. The zero-order chi connectivity index (χ0) is 13.5. The molecule has 0 aromatic heterocycles. The van der Waals surface area contributed by atoms with E-state index < -0.39 is 5.60 Å². The molecule has 0 bridgehead atoms. The van der Waals surface area contributed by atoms with Gasteiger partial charge in [0.15, 0.2) is 0 Å². The van der Waals surface area contributed by atoms with E-state index in [-0.39, 0.29) is 12.0 Å². The number of aliphatic hydroxyl groups is 1. The van der Waals surface area contributed by atoms with Gasteiger partial charge in [0.25, 0.3) is 0 Å². The number of hydrogen-bond donors (Lipinski definition) is 2. The standard InChI is InChI=1S/C15H19Cl2NO/c16-10-4-5-11(13(17)9-10)14-12-3-1-2-6-15(12,19)7-8-18-14/h4-5,9,12,14,18-19H,1-3,6-8H2. The van der Waals surface area contributed by atoms with Crippen molar-refractivity contribution in [3.05, 3.63) is 33.8 Å². The van der Waals surface area contributed by atoms with E-state index in [1.807, 2.05) is 12.1 Å². The van der Waals surface area contributed by atoms with E-state index in [1.54, 1.807) is 6.07 Å². The summed E-state index contributed by atoms with van der Waals surface area (Å²) in [5.74, 6) is 0.258. The molecule has 19 heavy (non-hydrogen) atoms. The predicted octanol–water partition coefficient (Wildman–Crippen LogP) is 3.95. The lowest BCUT2D eigenvalue weighted by Gasteiger charge is -2.48. The van der Waals surface area contributed by atoms with Crippen LogP contribution in [0.5, 0.6) is 0 Å². The molecule has 2 aliphatic rings. The average Bonchev–Trinajstić information content (AvgIpc) is 2.37. The molecule has 1 aromatic rings. The van der Waals surface area contributed by atoms with Crippen molar-refractivity contribution >= 4 is 23.2 Å². The van der Waals surface area contributed by atoms with Crippen molar-refractivity contribution < 1.29 is 5.11 Å². The lowest BCUT2D eigenvalue weighted by molar-refractivity contribution is -0.0861. The van der Waals surface area contributed by atoms with Gasteiger partial charge in [-0.2, -0.15) is 0 Å². The summed E-state index contributed by atoms with van der Waals surface area (Å²) in [6.45, 7) is 0.844. The molecule has 1 aliphatic carbocycles.